The maximum atomic E-state index is 11.0. The molecule has 0 fully saturated rings. The monoisotopic (exact) mass is 184 g/mol. The molecule has 0 bridgehead atoms. The summed E-state index contributed by atoms with van der Waals surface area (Å²) in [6.45, 7) is 0. The van der Waals surface area contributed by atoms with Gasteiger partial charge in [0, 0.05) is 12.1 Å². The molecule has 0 N–H and O–H groups in total. The molecule has 0 aliphatic rings. The third-order valence-electron chi connectivity index (χ3n) is 1.31. The molecule has 1 aromatic rings. The summed E-state index contributed by atoms with van der Waals surface area (Å²) in [6, 6.07) is 6.72. The number of nitrogens with zero attached hydrogens (tertiary/aromatic N) is 1. The van der Waals surface area contributed by atoms with Crippen molar-refractivity contribution < 1.29 is 9.48 Å². The van der Waals surface area contributed by atoms with Gasteiger partial charge in [0.25, 0.3) is 0 Å². The molecule has 1 unspecified atom stereocenters. The van der Waals surface area contributed by atoms with Gasteiger partial charge in [-0.3, -0.25) is 10.1 Å². The van der Waals surface area contributed by atoms with E-state index in [0.29, 0.717) is 0 Å². The second kappa shape index (κ2) is 3.55. The van der Waals surface area contributed by atoms with Gasteiger partial charge in [-0.15, -0.1) is 0 Å². The molecule has 5 heteroatoms. The van der Waals surface area contributed by atoms with Crippen LogP contribution in [0.25, 0.3) is 0 Å². The van der Waals surface area contributed by atoms with Crippen molar-refractivity contribution >= 4 is 16.9 Å². The predicted octanol–water partition coefficient (Wildman–Crippen LogP) is 1.13. The van der Waals surface area contributed by atoms with E-state index in [1.54, 1.807) is 0 Å². The van der Waals surface area contributed by atoms with Crippen LogP contribution in [-0.2, 0) is 11.2 Å². The minimum absolute atomic E-state index is 0.140. The Morgan fingerprint density at radius 1 is 1.67 bits per heavy atom. The first-order valence-corrected chi connectivity index (χ1v) is 4.66. The van der Waals surface area contributed by atoms with Crippen LogP contribution in [0.5, 0.6) is 0 Å². The summed E-state index contributed by atoms with van der Waals surface area (Å²) < 4.78 is 11.0. The Bertz CT molecular complexity index is 300. The zero-order valence-electron chi connectivity index (χ0n) is 6.31. The van der Waals surface area contributed by atoms with Crippen LogP contribution < -0.4 is 0 Å². The number of benzene rings is 1. The summed E-state index contributed by atoms with van der Waals surface area (Å²) in [6.07, 6.45) is 1.41. The highest BCUT2D eigenvalue weighted by molar-refractivity contribution is 7.90. The Labute approximate surface area is 72.5 Å². The van der Waals surface area contributed by atoms with Crippen LogP contribution in [0, 0.1) is 16.2 Å². The lowest BCUT2D eigenvalue weighted by Crippen LogP contribution is -2.01. The van der Waals surface area contributed by atoms with Crippen molar-refractivity contribution in [1.82, 2.24) is 0 Å². The summed E-state index contributed by atoms with van der Waals surface area (Å²) in [4.78, 5) is 10.0. The smallest absolute Gasteiger partial charge is 0.324 e. The molecule has 0 amide bonds. The fourth-order valence-electron chi connectivity index (χ4n) is 0.793. The Morgan fingerprint density at radius 3 is 2.75 bits per heavy atom. The van der Waals surface area contributed by atoms with Gasteiger partial charge < -0.3 is 4.55 Å². The normalized spacial score (nSPS) is 12.5. The van der Waals surface area contributed by atoms with E-state index in [1.807, 2.05) is 0 Å². The van der Waals surface area contributed by atoms with Crippen LogP contribution >= 0.6 is 0 Å². The first-order valence-electron chi connectivity index (χ1n) is 3.11. The van der Waals surface area contributed by atoms with E-state index in [0.717, 1.165) is 0 Å². The summed E-state index contributed by atoms with van der Waals surface area (Å²) in [5.74, 6) is 0. The molecule has 1 aromatic carbocycles. The van der Waals surface area contributed by atoms with Crippen molar-refractivity contribution in [2.75, 3.05) is 6.26 Å². The van der Waals surface area contributed by atoms with Crippen molar-refractivity contribution in [3.63, 3.8) is 0 Å². The van der Waals surface area contributed by atoms with Gasteiger partial charge in [-0.25, -0.2) is 0 Å². The first kappa shape index (κ1) is 9.02. The average Bonchev–Trinajstić information content (AvgIpc) is 2.04. The molecule has 0 saturated carbocycles. The lowest BCUT2D eigenvalue weighted by Gasteiger charge is -2.02. The van der Waals surface area contributed by atoms with E-state index in [2.05, 4.69) is 6.07 Å². The Balaban J connectivity index is 3.17. The second-order valence-corrected chi connectivity index (χ2v) is 3.45. The number of hydrogen-bond acceptors (Lipinski definition) is 3. The molecule has 0 aromatic heterocycles. The van der Waals surface area contributed by atoms with Gasteiger partial charge in [0.2, 0.25) is 4.90 Å². The van der Waals surface area contributed by atoms with Crippen LogP contribution in [0.4, 0.5) is 5.69 Å². The fourth-order valence-corrected chi connectivity index (χ4v) is 1.48. The quantitative estimate of drug-likeness (QED) is 0.393. The molecular formula is C7H6NO3S. The van der Waals surface area contributed by atoms with E-state index < -0.39 is 16.1 Å². The lowest BCUT2D eigenvalue weighted by atomic mass is 10.3. The van der Waals surface area contributed by atoms with E-state index in [9.17, 15) is 14.7 Å². The van der Waals surface area contributed by atoms with Crippen LogP contribution in [0.3, 0.4) is 0 Å². The molecule has 1 atom stereocenters. The largest absolute Gasteiger partial charge is 0.611 e. The van der Waals surface area contributed by atoms with Crippen molar-refractivity contribution in [2.45, 2.75) is 4.90 Å². The van der Waals surface area contributed by atoms with Gasteiger partial charge in [0.05, 0.1) is 4.92 Å². The molecule has 0 aliphatic carbocycles. The van der Waals surface area contributed by atoms with Crippen molar-refractivity contribution in [1.29, 1.82) is 0 Å². The highest BCUT2D eigenvalue weighted by Crippen LogP contribution is 2.21. The molecule has 0 spiro atoms. The highest BCUT2D eigenvalue weighted by Gasteiger charge is 2.19. The topological polar surface area (TPSA) is 66.2 Å². The van der Waals surface area contributed by atoms with Crippen molar-refractivity contribution in [3.8, 4) is 0 Å². The maximum Gasteiger partial charge on any atom is 0.324 e. The van der Waals surface area contributed by atoms with Gasteiger partial charge in [-0.05, 0) is 23.3 Å². The summed E-state index contributed by atoms with van der Waals surface area (Å²) >= 11 is -1.32. The molecule has 4 nitrogen and oxygen atoms in total. The Kier molecular flexibility index (Phi) is 2.67. The molecule has 12 heavy (non-hydrogen) atoms. The predicted molar refractivity (Wildman–Crippen MR) is 44.3 cm³/mol. The maximum absolute atomic E-state index is 11.0. The standard InChI is InChI=1S/C7H6NO3S/c1-12(11)7-5-3-2-4-6(7)8(9)10/h3-5H,1H3. The second-order valence-electron chi connectivity index (χ2n) is 2.11. The van der Waals surface area contributed by atoms with Gasteiger partial charge in [-0.2, -0.15) is 0 Å². The SMILES string of the molecule is C[S+]([O-])c1cc[c]cc1[N+](=O)[O-]. The van der Waals surface area contributed by atoms with Crippen molar-refractivity contribution in [2.24, 2.45) is 0 Å². The van der Waals surface area contributed by atoms with Crippen molar-refractivity contribution in [3.05, 3.63) is 34.4 Å². The molecule has 0 heterocycles. The first-order chi connectivity index (χ1) is 5.63. The average molecular weight is 184 g/mol. The number of hydrogen-bond donors (Lipinski definition) is 0. The third-order valence-corrected chi connectivity index (χ3v) is 2.27. The summed E-state index contributed by atoms with van der Waals surface area (Å²) in [7, 11) is 0. The van der Waals surface area contributed by atoms with Gasteiger partial charge >= 0.3 is 5.69 Å². The van der Waals surface area contributed by atoms with E-state index >= 15 is 0 Å². The molecular weight excluding hydrogens is 178 g/mol. The Morgan fingerprint density at radius 2 is 2.33 bits per heavy atom. The van der Waals surface area contributed by atoms with E-state index in [4.69, 9.17) is 0 Å². The van der Waals surface area contributed by atoms with Crippen LogP contribution in [0.15, 0.2) is 23.1 Å². The van der Waals surface area contributed by atoms with Crippen LogP contribution in [-0.4, -0.2) is 15.7 Å². The lowest BCUT2D eigenvalue weighted by molar-refractivity contribution is -0.387. The molecule has 1 rings (SSSR count). The minimum Gasteiger partial charge on any atom is -0.611 e. The zero-order chi connectivity index (χ0) is 9.14. The Hall–Kier alpha value is -1.07. The van der Waals surface area contributed by atoms with Crippen LogP contribution in [0.2, 0.25) is 0 Å². The fraction of sp³-hybridized carbons (Fsp3) is 0.143. The van der Waals surface area contributed by atoms with Gasteiger partial charge in [0.1, 0.15) is 6.26 Å². The summed E-state index contributed by atoms with van der Waals surface area (Å²) in [5.41, 5.74) is -0.140. The molecule has 0 saturated heterocycles. The number of nitro groups is 1. The number of rotatable bonds is 2. The van der Waals surface area contributed by atoms with Gasteiger partial charge in [-0.1, -0.05) is 0 Å². The number of nitro benzene ring substituents is 1. The molecule has 0 aliphatic heterocycles. The highest BCUT2D eigenvalue weighted by atomic mass is 32.2. The van der Waals surface area contributed by atoms with Gasteiger partial charge in [0.15, 0.2) is 0 Å². The van der Waals surface area contributed by atoms with E-state index in [-0.39, 0.29) is 10.6 Å². The van der Waals surface area contributed by atoms with E-state index in [1.165, 1.54) is 24.5 Å². The third kappa shape index (κ3) is 1.75. The minimum atomic E-state index is -1.32. The zero-order valence-corrected chi connectivity index (χ0v) is 7.13. The molecule has 63 valence electrons. The van der Waals surface area contributed by atoms with Crippen LogP contribution in [0.1, 0.15) is 0 Å². The summed E-state index contributed by atoms with van der Waals surface area (Å²) in [5, 5.41) is 10.4. The molecule has 1 radical (unpaired) electrons.